The molecule has 0 aliphatic heterocycles. The van der Waals surface area contributed by atoms with Gasteiger partial charge in [-0.05, 0) is 61.0 Å². The van der Waals surface area contributed by atoms with E-state index in [0.29, 0.717) is 17.8 Å². The van der Waals surface area contributed by atoms with Crippen LogP contribution in [-0.4, -0.2) is 19.7 Å². The van der Waals surface area contributed by atoms with Crippen molar-refractivity contribution < 1.29 is 9.22 Å². The number of carbonyl (C=O) groups excluding carboxylic acids is 1. The van der Waals surface area contributed by atoms with Gasteiger partial charge in [-0.15, -0.1) is 0 Å². The molecule has 1 aromatic carbocycles. The molecule has 1 aromatic rings. The van der Waals surface area contributed by atoms with Crippen molar-refractivity contribution in [2.75, 3.05) is 0 Å². The molecule has 25 heavy (non-hydrogen) atoms. The molecule has 1 aliphatic carbocycles. The van der Waals surface area contributed by atoms with E-state index in [9.17, 15) is 4.79 Å². The normalized spacial score (nSPS) is 30.1. The number of carbonyl (C=O) groups is 1. The smallest absolute Gasteiger partial charge is 0.192 e. The Hall–Kier alpha value is -0.933. The maximum absolute atomic E-state index is 11.8. The maximum atomic E-state index is 11.8. The molecule has 0 aromatic heterocycles. The number of fused-ring (bicyclic) bond motifs is 1. The molecule has 0 radical (unpaired) electrons. The lowest BCUT2D eigenvalue weighted by atomic mass is 9.63. The van der Waals surface area contributed by atoms with Gasteiger partial charge in [0.25, 0.3) is 0 Å². The molecule has 3 heteroatoms. The number of rotatable bonds is 3. The number of ketones is 1. The highest BCUT2D eigenvalue weighted by molar-refractivity contribution is 6.74. The van der Waals surface area contributed by atoms with E-state index < -0.39 is 8.32 Å². The van der Waals surface area contributed by atoms with Gasteiger partial charge in [-0.3, -0.25) is 4.79 Å². The second kappa shape index (κ2) is 6.35. The van der Waals surface area contributed by atoms with Crippen molar-refractivity contribution in [1.82, 2.24) is 0 Å². The molecule has 0 spiro atoms. The van der Waals surface area contributed by atoms with E-state index >= 15 is 0 Å². The molecule has 0 fully saturated rings. The van der Waals surface area contributed by atoms with Crippen LogP contribution in [0.3, 0.4) is 0 Å². The van der Waals surface area contributed by atoms with E-state index in [-0.39, 0.29) is 16.4 Å². The quantitative estimate of drug-likeness (QED) is 0.452. The van der Waals surface area contributed by atoms with Crippen LogP contribution in [0.5, 0.6) is 0 Å². The SMILES string of the molecule is CC(=O)c1ccc2c(c1)C(C)C(C)C(C)(O[Si](C)(C)C(C)(C)C)C2C. The van der Waals surface area contributed by atoms with Gasteiger partial charge in [0.2, 0.25) is 0 Å². The van der Waals surface area contributed by atoms with Crippen LogP contribution >= 0.6 is 0 Å². The first-order valence-electron chi connectivity index (χ1n) is 9.57. The number of hydrogen-bond donors (Lipinski definition) is 0. The Bertz CT molecular complexity index is 671. The third-order valence-electron chi connectivity index (χ3n) is 7.25. The molecule has 2 rings (SSSR count). The summed E-state index contributed by atoms with van der Waals surface area (Å²) >= 11 is 0. The van der Waals surface area contributed by atoms with Crippen LogP contribution in [0.1, 0.15) is 88.7 Å². The Balaban J connectivity index is 2.52. The summed E-state index contributed by atoms with van der Waals surface area (Å²) in [5.41, 5.74) is 3.30. The van der Waals surface area contributed by atoms with Crippen LogP contribution in [0.2, 0.25) is 18.1 Å². The van der Waals surface area contributed by atoms with Crippen LogP contribution in [0.4, 0.5) is 0 Å². The van der Waals surface area contributed by atoms with Crippen LogP contribution < -0.4 is 0 Å². The summed E-state index contributed by atoms with van der Waals surface area (Å²) in [6, 6.07) is 6.25. The molecule has 0 amide bonds. The minimum atomic E-state index is -1.88. The first-order chi connectivity index (χ1) is 11.2. The van der Waals surface area contributed by atoms with Crippen molar-refractivity contribution in [3.63, 3.8) is 0 Å². The van der Waals surface area contributed by atoms with E-state index in [1.165, 1.54) is 11.1 Å². The van der Waals surface area contributed by atoms with Crippen molar-refractivity contribution in [3.8, 4) is 0 Å². The van der Waals surface area contributed by atoms with E-state index in [4.69, 9.17) is 4.43 Å². The summed E-state index contributed by atoms with van der Waals surface area (Å²) in [5, 5.41) is 0.192. The van der Waals surface area contributed by atoms with Crippen molar-refractivity contribution in [1.29, 1.82) is 0 Å². The molecule has 1 aliphatic rings. The summed E-state index contributed by atoms with van der Waals surface area (Å²) in [5.74, 6) is 1.22. The third-order valence-corrected chi connectivity index (χ3v) is 11.8. The summed E-state index contributed by atoms with van der Waals surface area (Å²) < 4.78 is 7.03. The molecule has 0 saturated heterocycles. The molecule has 0 bridgehead atoms. The molecule has 0 heterocycles. The Morgan fingerprint density at radius 2 is 1.68 bits per heavy atom. The van der Waals surface area contributed by atoms with Gasteiger partial charge >= 0.3 is 0 Å². The zero-order valence-corrected chi connectivity index (χ0v) is 18.8. The highest BCUT2D eigenvalue weighted by atomic mass is 28.4. The fourth-order valence-electron chi connectivity index (χ4n) is 3.94. The fraction of sp³-hybridized carbons (Fsp3) is 0.682. The zero-order valence-electron chi connectivity index (χ0n) is 17.8. The van der Waals surface area contributed by atoms with Gasteiger partial charge in [-0.2, -0.15) is 0 Å². The zero-order chi connectivity index (χ0) is 19.4. The Labute approximate surface area is 155 Å². The largest absolute Gasteiger partial charge is 0.411 e. The Morgan fingerprint density at radius 1 is 1.12 bits per heavy atom. The fourth-order valence-corrected chi connectivity index (χ4v) is 5.70. The highest BCUT2D eigenvalue weighted by Crippen LogP contribution is 2.53. The predicted molar refractivity (Wildman–Crippen MR) is 109 cm³/mol. The highest BCUT2D eigenvalue weighted by Gasteiger charge is 2.51. The Kier molecular flexibility index (Phi) is 5.17. The molecule has 0 N–H and O–H groups in total. The minimum absolute atomic E-state index is 0.140. The molecule has 140 valence electrons. The monoisotopic (exact) mass is 360 g/mol. The van der Waals surface area contributed by atoms with E-state index in [2.05, 4.69) is 73.7 Å². The number of Topliss-reactive ketones (excluding diaryl/α,β-unsaturated/α-hetero) is 1. The van der Waals surface area contributed by atoms with Crippen LogP contribution in [-0.2, 0) is 4.43 Å². The minimum Gasteiger partial charge on any atom is -0.411 e. The van der Waals surface area contributed by atoms with E-state index in [1.807, 2.05) is 6.07 Å². The Morgan fingerprint density at radius 3 is 2.16 bits per heavy atom. The molecule has 2 nitrogen and oxygen atoms in total. The van der Waals surface area contributed by atoms with Gasteiger partial charge in [-0.1, -0.05) is 53.7 Å². The average molecular weight is 361 g/mol. The van der Waals surface area contributed by atoms with Gasteiger partial charge in [-0.25, -0.2) is 0 Å². The van der Waals surface area contributed by atoms with Crippen LogP contribution in [0, 0.1) is 5.92 Å². The van der Waals surface area contributed by atoms with Crippen molar-refractivity contribution in [2.24, 2.45) is 5.92 Å². The van der Waals surface area contributed by atoms with Gasteiger partial charge in [0.05, 0.1) is 5.60 Å². The lowest BCUT2D eigenvalue weighted by Crippen LogP contribution is -2.55. The molecule has 0 saturated carbocycles. The molecular formula is C22H36O2Si. The lowest BCUT2D eigenvalue weighted by Gasteiger charge is -2.54. The summed E-state index contributed by atoms with van der Waals surface area (Å²) in [4.78, 5) is 11.8. The topological polar surface area (TPSA) is 26.3 Å². The van der Waals surface area contributed by atoms with Gasteiger partial charge in [0.15, 0.2) is 14.1 Å². The van der Waals surface area contributed by atoms with Crippen molar-refractivity contribution in [3.05, 3.63) is 34.9 Å². The van der Waals surface area contributed by atoms with Crippen molar-refractivity contribution in [2.45, 2.75) is 91.0 Å². The standard InChI is InChI=1S/C22H36O2Si/c1-14-15(2)22(8,24-25(9,10)21(5,6)7)16(3)19-12-11-18(17(4)23)13-20(14)19/h11-16H,1-10H3. The second-order valence-corrected chi connectivity index (χ2v) is 14.5. The van der Waals surface area contributed by atoms with Gasteiger partial charge in [0, 0.05) is 11.5 Å². The summed E-state index contributed by atoms with van der Waals surface area (Å²) in [6.07, 6.45) is 0. The maximum Gasteiger partial charge on any atom is 0.192 e. The van der Waals surface area contributed by atoms with E-state index in [1.54, 1.807) is 6.92 Å². The lowest BCUT2D eigenvalue weighted by molar-refractivity contribution is -0.0194. The second-order valence-electron chi connectivity index (χ2n) is 9.75. The molecular weight excluding hydrogens is 324 g/mol. The van der Waals surface area contributed by atoms with Crippen LogP contribution in [0.25, 0.3) is 0 Å². The van der Waals surface area contributed by atoms with E-state index in [0.717, 1.165) is 5.56 Å². The number of hydrogen-bond acceptors (Lipinski definition) is 2. The summed E-state index contributed by atoms with van der Waals surface area (Å²) in [6.45, 7) is 22.4. The van der Waals surface area contributed by atoms with Gasteiger partial charge < -0.3 is 4.43 Å². The van der Waals surface area contributed by atoms with Crippen molar-refractivity contribution >= 4 is 14.1 Å². The number of benzene rings is 1. The molecule has 4 unspecified atom stereocenters. The average Bonchev–Trinajstić information content (AvgIpc) is 2.49. The first-order valence-corrected chi connectivity index (χ1v) is 12.5. The molecule has 4 atom stereocenters. The summed E-state index contributed by atoms with van der Waals surface area (Å²) in [7, 11) is -1.88. The third kappa shape index (κ3) is 3.38. The first kappa shape index (κ1) is 20.4. The van der Waals surface area contributed by atoms with Gasteiger partial charge in [0.1, 0.15) is 0 Å². The predicted octanol–water partition coefficient (Wildman–Crippen LogP) is 6.53. The van der Waals surface area contributed by atoms with Crippen LogP contribution in [0.15, 0.2) is 18.2 Å².